The van der Waals surface area contributed by atoms with E-state index in [9.17, 15) is 4.79 Å². The summed E-state index contributed by atoms with van der Waals surface area (Å²) >= 11 is 3.17. The van der Waals surface area contributed by atoms with Crippen LogP contribution in [-0.2, 0) is 0 Å². The van der Waals surface area contributed by atoms with Gasteiger partial charge in [-0.05, 0) is 24.3 Å². The highest BCUT2D eigenvalue weighted by Crippen LogP contribution is 2.34. The summed E-state index contributed by atoms with van der Waals surface area (Å²) in [4.78, 5) is 21.2. The van der Waals surface area contributed by atoms with E-state index in [1.165, 1.54) is 16.0 Å². The van der Waals surface area contributed by atoms with Gasteiger partial charge in [0.1, 0.15) is 5.01 Å². The number of carbonyl (C=O) groups excluding carboxylic acids is 1. The van der Waals surface area contributed by atoms with Crippen molar-refractivity contribution in [3.8, 4) is 9.88 Å². The van der Waals surface area contributed by atoms with Crippen molar-refractivity contribution in [3.63, 3.8) is 0 Å². The average molecular weight is 409 g/mol. The number of halogens is 1. The van der Waals surface area contributed by atoms with Crippen LogP contribution in [0.3, 0.4) is 0 Å². The lowest BCUT2D eigenvalue weighted by Crippen LogP contribution is -2.46. The molecule has 0 bridgehead atoms. The van der Waals surface area contributed by atoms with E-state index in [0.29, 0.717) is 6.54 Å². The Bertz CT molecular complexity index is 840. The highest BCUT2D eigenvalue weighted by Gasteiger charge is 2.14. The van der Waals surface area contributed by atoms with Crippen molar-refractivity contribution in [1.29, 1.82) is 0 Å². The van der Waals surface area contributed by atoms with Gasteiger partial charge >= 0.3 is 0 Å². The molecule has 1 aliphatic rings. The van der Waals surface area contributed by atoms with Crippen molar-refractivity contribution < 1.29 is 4.79 Å². The van der Waals surface area contributed by atoms with Gasteiger partial charge in [-0.2, -0.15) is 0 Å². The second-order valence-corrected chi connectivity index (χ2v) is 8.11. The third kappa shape index (κ3) is 4.42. The Morgan fingerprint density at radius 3 is 2.77 bits per heavy atom. The van der Waals surface area contributed by atoms with Gasteiger partial charge in [0, 0.05) is 39.3 Å². The van der Waals surface area contributed by atoms with Crippen LogP contribution in [0.2, 0.25) is 0 Å². The van der Waals surface area contributed by atoms with Crippen LogP contribution >= 0.6 is 35.1 Å². The maximum absolute atomic E-state index is 12.4. The van der Waals surface area contributed by atoms with E-state index < -0.39 is 0 Å². The quantitative estimate of drug-likeness (QED) is 0.681. The number of hydrogen-bond donors (Lipinski definition) is 2. The second kappa shape index (κ2) is 8.92. The predicted octanol–water partition coefficient (Wildman–Crippen LogP) is 3.08. The van der Waals surface area contributed by atoms with E-state index in [-0.39, 0.29) is 18.3 Å². The SMILES string of the molecule is Cl.O=C(NCCN1CCNCC1)c1ccc(-c2nc3ccccc3s2)s1. The first kappa shape index (κ1) is 19.3. The number of nitrogens with zero attached hydrogens (tertiary/aromatic N) is 2. The number of para-hydroxylation sites is 1. The lowest BCUT2D eigenvalue weighted by atomic mass is 10.3. The van der Waals surface area contributed by atoms with E-state index in [4.69, 9.17) is 0 Å². The van der Waals surface area contributed by atoms with Crippen LogP contribution in [0.1, 0.15) is 9.67 Å². The minimum absolute atomic E-state index is 0. The molecule has 0 unspecified atom stereocenters. The van der Waals surface area contributed by atoms with E-state index in [0.717, 1.165) is 53.0 Å². The zero-order valence-electron chi connectivity index (χ0n) is 14.2. The molecule has 0 saturated carbocycles. The van der Waals surface area contributed by atoms with Crippen LogP contribution in [0.15, 0.2) is 36.4 Å². The van der Waals surface area contributed by atoms with Gasteiger partial charge in [-0.15, -0.1) is 35.1 Å². The van der Waals surface area contributed by atoms with Gasteiger partial charge in [-0.25, -0.2) is 4.98 Å². The van der Waals surface area contributed by atoms with E-state index in [1.807, 2.05) is 30.3 Å². The summed E-state index contributed by atoms with van der Waals surface area (Å²) in [5.41, 5.74) is 1.01. The third-order valence-corrected chi connectivity index (χ3v) is 6.55. The standard InChI is InChI=1S/C18H20N4OS2.ClH/c23-17(20-9-12-22-10-7-19-8-11-22)15-5-6-16(24-15)18-21-13-3-1-2-4-14(13)25-18;/h1-6,19H,7-12H2,(H,20,23);1H. The molecule has 1 saturated heterocycles. The fraction of sp³-hybridized carbons (Fsp3) is 0.333. The topological polar surface area (TPSA) is 57.3 Å². The largest absolute Gasteiger partial charge is 0.350 e. The number of fused-ring (bicyclic) bond motifs is 1. The number of amides is 1. The van der Waals surface area contributed by atoms with Crippen molar-refractivity contribution in [1.82, 2.24) is 20.5 Å². The summed E-state index contributed by atoms with van der Waals surface area (Å²) in [5, 5.41) is 7.34. The minimum Gasteiger partial charge on any atom is -0.350 e. The molecular weight excluding hydrogens is 388 g/mol. The Morgan fingerprint density at radius 2 is 1.96 bits per heavy atom. The summed E-state index contributed by atoms with van der Waals surface area (Å²) < 4.78 is 1.17. The number of hydrogen-bond acceptors (Lipinski definition) is 6. The number of benzene rings is 1. The second-order valence-electron chi connectivity index (χ2n) is 6.00. The number of piperazine rings is 1. The van der Waals surface area contributed by atoms with Gasteiger partial charge in [0.25, 0.3) is 5.91 Å². The first-order chi connectivity index (χ1) is 12.3. The Hall–Kier alpha value is -1.51. The molecule has 0 spiro atoms. The molecule has 3 heterocycles. The van der Waals surface area contributed by atoms with Gasteiger partial charge in [0.15, 0.2) is 0 Å². The Balaban J connectivity index is 0.00000196. The molecule has 3 aromatic rings. The summed E-state index contributed by atoms with van der Waals surface area (Å²) in [7, 11) is 0. The molecule has 26 heavy (non-hydrogen) atoms. The van der Waals surface area contributed by atoms with E-state index in [1.54, 1.807) is 11.3 Å². The number of rotatable bonds is 5. The summed E-state index contributed by atoms with van der Waals surface area (Å²) in [6, 6.07) is 12.0. The average Bonchev–Trinajstić information content (AvgIpc) is 3.29. The molecule has 2 aromatic heterocycles. The lowest BCUT2D eigenvalue weighted by molar-refractivity contribution is 0.0951. The van der Waals surface area contributed by atoms with Crippen LogP contribution in [0.25, 0.3) is 20.1 Å². The van der Waals surface area contributed by atoms with E-state index >= 15 is 0 Å². The molecular formula is C18H21ClN4OS2. The molecule has 0 radical (unpaired) electrons. The van der Waals surface area contributed by atoms with Crippen molar-refractivity contribution >= 4 is 51.2 Å². The minimum atomic E-state index is 0. The number of thiophene rings is 1. The highest BCUT2D eigenvalue weighted by molar-refractivity contribution is 7.26. The molecule has 2 N–H and O–H groups in total. The number of carbonyl (C=O) groups is 1. The molecule has 138 valence electrons. The van der Waals surface area contributed by atoms with Crippen LogP contribution in [0.4, 0.5) is 0 Å². The zero-order chi connectivity index (χ0) is 17.1. The number of thiazole rings is 1. The van der Waals surface area contributed by atoms with Crippen LogP contribution < -0.4 is 10.6 Å². The summed E-state index contributed by atoms with van der Waals surface area (Å²) in [6.45, 7) is 5.76. The maximum Gasteiger partial charge on any atom is 0.261 e. The Kier molecular flexibility index (Phi) is 6.61. The molecule has 1 amide bonds. The Labute approximate surface area is 166 Å². The summed E-state index contributed by atoms with van der Waals surface area (Å²) in [5.74, 6) is 0.00694. The molecule has 0 aliphatic carbocycles. The van der Waals surface area contributed by atoms with Crippen molar-refractivity contribution in [3.05, 3.63) is 41.3 Å². The lowest BCUT2D eigenvalue weighted by Gasteiger charge is -2.26. The Morgan fingerprint density at radius 1 is 1.15 bits per heavy atom. The van der Waals surface area contributed by atoms with E-state index in [2.05, 4.69) is 26.6 Å². The van der Waals surface area contributed by atoms with Gasteiger partial charge < -0.3 is 10.6 Å². The monoisotopic (exact) mass is 408 g/mol. The molecule has 5 nitrogen and oxygen atoms in total. The van der Waals surface area contributed by atoms with Gasteiger partial charge in [0.2, 0.25) is 0 Å². The van der Waals surface area contributed by atoms with Crippen molar-refractivity contribution in [2.24, 2.45) is 0 Å². The van der Waals surface area contributed by atoms with Crippen molar-refractivity contribution in [2.45, 2.75) is 0 Å². The fourth-order valence-electron chi connectivity index (χ4n) is 2.90. The molecule has 0 atom stereocenters. The van der Waals surface area contributed by atoms with Crippen LogP contribution in [0, 0.1) is 0 Å². The third-order valence-electron chi connectivity index (χ3n) is 4.26. The zero-order valence-corrected chi connectivity index (χ0v) is 16.7. The molecule has 8 heteroatoms. The smallest absolute Gasteiger partial charge is 0.261 e. The van der Waals surface area contributed by atoms with Crippen LogP contribution in [0.5, 0.6) is 0 Å². The summed E-state index contributed by atoms with van der Waals surface area (Å²) in [6.07, 6.45) is 0. The normalized spacial score (nSPS) is 14.9. The van der Waals surface area contributed by atoms with Gasteiger partial charge in [-0.3, -0.25) is 9.69 Å². The first-order valence-corrected chi connectivity index (χ1v) is 10.1. The van der Waals surface area contributed by atoms with Gasteiger partial charge in [-0.1, -0.05) is 12.1 Å². The maximum atomic E-state index is 12.4. The van der Waals surface area contributed by atoms with Crippen molar-refractivity contribution in [2.75, 3.05) is 39.3 Å². The molecule has 4 rings (SSSR count). The molecule has 1 aromatic carbocycles. The number of aromatic nitrogens is 1. The fourth-order valence-corrected chi connectivity index (χ4v) is 4.84. The molecule has 1 fully saturated rings. The molecule has 1 aliphatic heterocycles. The first-order valence-electron chi connectivity index (χ1n) is 8.47. The van der Waals surface area contributed by atoms with Gasteiger partial charge in [0.05, 0.1) is 20.0 Å². The number of nitrogens with one attached hydrogen (secondary N) is 2. The predicted molar refractivity (Wildman–Crippen MR) is 112 cm³/mol. The highest BCUT2D eigenvalue weighted by atomic mass is 35.5. The van der Waals surface area contributed by atoms with Crippen LogP contribution in [-0.4, -0.2) is 55.1 Å².